The number of benzene rings is 1. The number of hydrogen-bond acceptors (Lipinski definition) is 3. The van der Waals surface area contributed by atoms with Crippen molar-refractivity contribution in [3.05, 3.63) is 24.3 Å². The number of hydrogen-bond donors (Lipinski definition) is 2. The SMILES string of the molecule is [Cl-].[Cl-].[NH3+]c1cccc([NH2+]C(=O)CCN2CCOCC2)c1. The predicted molar refractivity (Wildman–Crippen MR) is 67.5 cm³/mol. The molecule has 1 aliphatic heterocycles. The van der Waals surface area contributed by atoms with Gasteiger partial charge in [0.2, 0.25) is 0 Å². The number of nitrogens with zero attached hydrogens (tertiary/aromatic N) is 1. The molecule has 1 aromatic carbocycles. The zero-order valence-electron chi connectivity index (χ0n) is 11.4. The minimum absolute atomic E-state index is 0. The van der Waals surface area contributed by atoms with Gasteiger partial charge in [-0.3, -0.25) is 10.2 Å². The molecule has 0 spiro atoms. The number of nitrogens with two attached hydrogens (primary N) is 1. The second-order valence-electron chi connectivity index (χ2n) is 4.56. The van der Waals surface area contributed by atoms with Gasteiger partial charge in [0.1, 0.15) is 11.4 Å². The highest BCUT2D eigenvalue weighted by atomic mass is 35.5. The lowest BCUT2D eigenvalue weighted by molar-refractivity contribution is -0.484. The Kier molecular flexibility index (Phi) is 9.75. The van der Waals surface area contributed by atoms with E-state index in [-0.39, 0.29) is 30.7 Å². The van der Waals surface area contributed by atoms with Crippen LogP contribution in [0.5, 0.6) is 0 Å². The molecule has 0 saturated carbocycles. The summed E-state index contributed by atoms with van der Waals surface area (Å²) in [5, 5.41) is 1.70. The Morgan fingerprint density at radius 1 is 1.30 bits per heavy atom. The first-order valence-electron chi connectivity index (χ1n) is 6.34. The summed E-state index contributed by atoms with van der Waals surface area (Å²) in [4.78, 5) is 14.1. The first-order valence-corrected chi connectivity index (χ1v) is 6.34. The van der Waals surface area contributed by atoms with Crippen molar-refractivity contribution in [3.8, 4) is 0 Å². The van der Waals surface area contributed by atoms with E-state index >= 15 is 0 Å². The van der Waals surface area contributed by atoms with Gasteiger partial charge in [-0.1, -0.05) is 6.07 Å². The number of rotatable bonds is 4. The normalized spacial score (nSPS) is 15.1. The highest BCUT2D eigenvalue weighted by Crippen LogP contribution is 2.04. The zero-order valence-corrected chi connectivity index (χ0v) is 12.9. The van der Waals surface area contributed by atoms with Crippen LogP contribution < -0.4 is 35.9 Å². The average Bonchev–Trinajstić information content (AvgIpc) is 2.38. The van der Waals surface area contributed by atoms with Gasteiger partial charge in [-0.15, -0.1) is 0 Å². The maximum absolute atomic E-state index is 11.8. The molecule has 7 heteroatoms. The van der Waals surface area contributed by atoms with E-state index in [1.165, 1.54) is 0 Å². The van der Waals surface area contributed by atoms with Gasteiger partial charge < -0.3 is 35.3 Å². The second-order valence-corrected chi connectivity index (χ2v) is 4.56. The van der Waals surface area contributed by atoms with E-state index in [4.69, 9.17) is 4.74 Å². The molecule has 1 saturated heterocycles. The van der Waals surface area contributed by atoms with Crippen LogP contribution in [0.25, 0.3) is 0 Å². The maximum Gasteiger partial charge on any atom is 0.316 e. The smallest absolute Gasteiger partial charge is 0.316 e. The molecule has 1 aliphatic rings. The number of primary amides is 1. The van der Waals surface area contributed by atoms with E-state index < -0.39 is 0 Å². The molecule has 2 rings (SSSR count). The Balaban J connectivity index is 0.00000180. The molecule has 5 N–H and O–H groups in total. The molecule has 0 radical (unpaired) electrons. The van der Waals surface area contributed by atoms with Crippen LogP contribution in [0.3, 0.4) is 0 Å². The van der Waals surface area contributed by atoms with E-state index in [9.17, 15) is 4.79 Å². The van der Waals surface area contributed by atoms with E-state index in [2.05, 4.69) is 10.6 Å². The van der Waals surface area contributed by atoms with Crippen molar-refractivity contribution in [2.75, 3.05) is 32.8 Å². The summed E-state index contributed by atoms with van der Waals surface area (Å²) in [5.41, 5.74) is 5.73. The molecule has 114 valence electrons. The van der Waals surface area contributed by atoms with Crippen LogP contribution in [0, 0.1) is 0 Å². The van der Waals surface area contributed by atoms with E-state index in [1.54, 1.807) is 5.32 Å². The lowest BCUT2D eigenvalue weighted by Crippen LogP contribution is -3.00. The topological polar surface area (TPSA) is 73.8 Å². The molecule has 0 atom stereocenters. The Morgan fingerprint density at radius 2 is 2.00 bits per heavy atom. The molecule has 5 nitrogen and oxygen atoms in total. The van der Waals surface area contributed by atoms with Crippen LogP contribution in [0.1, 0.15) is 6.42 Å². The van der Waals surface area contributed by atoms with Gasteiger partial charge in [0.25, 0.3) is 0 Å². The van der Waals surface area contributed by atoms with Crippen LogP contribution in [-0.2, 0) is 9.53 Å². The molecule has 20 heavy (non-hydrogen) atoms. The Bertz CT molecular complexity index is 412. The van der Waals surface area contributed by atoms with Crippen molar-refractivity contribution in [3.63, 3.8) is 0 Å². The third-order valence-electron chi connectivity index (χ3n) is 3.06. The lowest BCUT2D eigenvalue weighted by Gasteiger charge is -2.25. The van der Waals surface area contributed by atoms with Crippen molar-refractivity contribution < 1.29 is 45.4 Å². The number of quaternary nitrogens is 2. The zero-order chi connectivity index (χ0) is 12.8. The van der Waals surface area contributed by atoms with Crippen molar-refractivity contribution in [1.82, 2.24) is 4.90 Å². The molecule has 1 heterocycles. The minimum atomic E-state index is 0. The fourth-order valence-corrected chi connectivity index (χ4v) is 2.03. The predicted octanol–water partition coefficient (Wildman–Crippen LogP) is -6.99. The fourth-order valence-electron chi connectivity index (χ4n) is 2.03. The summed E-state index contributed by atoms with van der Waals surface area (Å²) in [6, 6.07) is 7.70. The number of carbonyl (C=O) groups is 1. The standard InChI is InChI=1S/C13H19N3O2.2ClH/c14-11-2-1-3-12(10-11)15-13(17)4-5-16-6-8-18-9-7-16;;/h1-3,10H,4-9,14H2,(H,15,17);2*1H. The van der Waals surface area contributed by atoms with Crippen molar-refractivity contribution in [1.29, 1.82) is 0 Å². The maximum atomic E-state index is 11.8. The average molecular weight is 322 g/mol. The number of amides is 1. The first kappa shape index (κ1) is 19.3. The van der Waals surface area contributed by atoms with E-state index in [1.807, 2.05) is 24.3 Å². The van der Waals surface area contributed by atoms with Gasteiger partial charge in [0, 0.05) is 19.6 Å². The molecular formula is C13H21Cl2N3O2. The lowest BCUT2D eigenvalue weighted by atomic mass is 10.2. The summed E-state index contributed by atoms with van der Waals surface area (Å²) >= 11 is 0. The number of carbonyl (C=O) groups excluding carboxylic acids is 1. The molecular weight excluding hydrogens is 301 g/mol. The van der Waals surface area contributed by atoms with Crippen LogP contribution in [-0.4, -0.2) is 43.7 Å². The summed E-state index contributed by atoms with van der Waals surface area (Å²) < 4.78 is 5.27. The molecule has 1 amide bonds. The largest absolute Gasteiger partial charge is 1.00 e. The quantitative estimate of drug-likeness (QED) is 0.541. The molecule has 0 bridgehead atoms. The molecule has 1 fully saturated rings. The van der Waals surface area contributed by atoms with Crippen LogP contribution in [0.15, 0.2) is 24.3 Å². The highest BCUT2D eigenvalue weighted by molar-refractivity contribution is 5.68. The van der Waals surface area contributed by atoms with E-state index in [0.717, 1.165) is 44.2 Å². The van der Waals surface area contributed by atoms with Gasteiger partial charge in [-0.2, -0.15) is 0 Å². The van der Waals surface area contributed by atoms with Crippen LogP contribution >= 0.6 is 0 Å². The summed E-state index contributed by atoms with van der Waals surface area (Å²) in [6.45, 7) is 4.24. The van der Waals surface area contributed by atoms with Gasteiger partial charge in [-0.05, 0) is 12.1 Å². The third kappa shape index (κ3) is 6.65. The van der Waals surface area contributed by atoms with Crippen LogP contribution in [0.2, 0.25) is 0 Å². The van der Waals surface area contributed by atoms with Gasteiger partial charge in [0.05, 0.1) is 25.7 Å². The fraction of sp³-hybridized carbons (Fsp3) is 0.462. The minimum Gasteiger partial charge on any atom is -1.00 e. The summed E-state index contributed by atoms with van der Waals surface area (Å²) in [7, 11) is 0. The highest BCUT2D eigenvalue weighted by Gasteiger charge is 2.14. The monoisotopic (exact) mass is 321 g/mol. The first-order chi connectivity index (χ1) is 8.74. The molecule has 0 aromatic heterocycles. The molecule has 1 aromatic rings. The molecule has 0 aliphatic carbocycles. The van der Waals surface area contributed by atoms with Crippen molar-refractivity contribution in [2.24, 2.45) is 0 Å². The van der Waals surface area contributed by atoms with Crippen molar-refractivity contribution in [2.45, 2.75) is 6.42 Å². The summed E-state index contributed by atoms with van der Waals surface area (Å²) in [5.74, 6) is 0.173. The van der Waals surface area contributed by atoms with Crippen molar-refractivity contribution >= 4 is 17.3 Å². The summed E-state index contributed by atoms with van der Waals surface area (Å²) in [6.07, 6.45) is 0.571. The Hall–Kier alpha value is -0.690. The Morgan fingerprint density at radius 3 is 2.65 bits per heavy atom. The van der Waals surface area contributed by atoms with E-state index in [0.29, 0.717) is 6.42 Å². The Labute approximate surface area is 131 Å². The third-order valence-corrected chi connectivity index (χ3v) is 3.06. The van der Waals surface area contributed by atoms with Crippen LogP contribution in [0.4, 0.5) is 11.4 Å². The molecule has 0 unspecified atom stereocenters. The van der Waals surface area contributed by atoms with Gasteiger partial charge in [-0.25, -0.2) is 4.79 Å². The number of halogens is 2. The number of morpholine rings is 1. The van der Waals surface area contributed by atoms with Gasteiger partial charge >= 0.3 is 5.91 Å². The van der Waals surface area contributed by atoms with Gasteiger partial charge in [0.15, 0.2) is 0 Å². The second kappa shape index (κ2) is 10.1. The number of ether oxygens (including phenoxy) is 1.